The summed E-state index contributed by atoms with van der Waals surface area (Å²) in [5, 5.41) is 1.95. The lowest BCUT2D eigenvalue weighted by Gasteiger charge is -2.32. The fourth-order valence-corrected chi connectivity index (χ4v) is 2.72. The van der Waals surface area contributed by atoms with E-state index in [2.05, 4.69) is 0 Å². The van der Waals surface area contributed by atoms with Crippen LogP contribution in [0.15, 0.2) is 18.2 Å². The third kappa shape index (κ3) is 3.22. The maximum atomic E-state index is 12.5. The molecule has 2 heterocycles. The molecule has 0 spiro atoms. The van der Waals surface area contributed by atoms with Crippen molar-refractivity contribution < 1.29 is 32.0 Å². The minimum absolute atomic E-state index is 0.0516. The Kier molecular flexibility index (Phi) is 4.07. The number of benzene rings is 1. The molecule has 0 aromatic heterocycles. The lowest BCUT2D eigenvalue weighted by Crippen LogP contribution is -2.41. The summed E-state index contributed by atoms with van der Waals surface area (Å²) in [6.07, 6.45) is -4.94. The Labute approximate surface area is 144 Å². The Morgan fingerprint density at radius 2 is 1.80 bits per heavy atom. The molecule has 0 bridgehead atoms. The van der Waals surface area contributed by atoms with Crippen LogP contribution in [0.25, 0.3) is 0 Å². The van der Waals surface area contributed by atoms with E-state index < -0.39 is 36.4 Å². The number of fused-ring (bicyclic) bond motifs is 1. The van der Waals surface area contributed by atoms with E-state index in [-0.39, 0.29) is 6.61 Å². The lowest BCUT2D eigenvalue weighted by molar-refractivity contribution is -0.174. The zero-order valence-corrected chi connectivity index (χ0v) is 14.4. The molecule has 25 heavy (non-hydrogen) atoms. The van der Waals surface area contributed by atoms with E-state index in [1.165, 1.54) is 0 Å². The third-order valence-corrected chi connectivity index (χ3v) is 4.90. The number of hydrogen-bond acceptors (Lipinski definition) is 4. The SMILES string of the molecule is CC1(C)OB(c2ccc3c(c2)[C@H](NC(=O)C(F)(F)F)CO3)OC1(C)C. The summed E-state index contributed by atoms with van der Waals surface area (Å²) in [5.74, 6) is -1.55. The zero-order chi connectivity index (χ0) is 18.6. The molecule has 136 valence electrons. The Hall–Kier alpha value is -1.74. The third-order valence-electron chi connectivity index (χ3n) is 4.90. The molecule has 0 saturated carbocycles. The van der Waals surface area contributed by atoms with E-state index in [1.807, 2.05) is 33.0 Å². The van der Waals surface area contributed by atoms with E-state index in [9.17, 15) is 18.0 Å². The van der Waals surface area contributed by atoms with Crippen molar-refractivity contribution in [2.24, 2.45) is 0 Å². The maximum absolute atomic E-state index is 12.5. The van der Waals surface area contributed by atoms with Gasteiger partial charge < -0.3 is 19.4 Å². The van der Waals surface area contributed by atoms with Crippen LogP contribution in [0.3, 0.4) is 0 Å². The van der Waals surface area contributed by atoms with E-state index >= 15 is 0 Å². The van der Waals surface area contributed by atoms with Gasteiger partial charge in [-0.2, -0.15) is 13.2 Å². The highest BCUT2D eigenvalue weighted by Crippen LogP contribution is 2.38. The van der Waals surface area contributed by atoms with Gasteiger partial charge in [0.25, 0.3) is 0 Å². The molecule has 1 aromatic carbocycles. The van der Waals surface area contributed by atoms with Crippen molar-refractivity contribution in [3.8, 4) is 5.75 Å². The number of halogens is 3. The molecule has 0 aliphatic carbocycles. The zero-order valence-electron chi connectivity index (χ0n) is 14.4. The first-order valence-corrected chi connectivity index (χ1v) is 7.91. The van der Waals surface area contributed by atoms with Crippen molar-refractivity contribution in [3.05, 3.63) is 23.8 Å². The summed E-state index contributed by atoms with van der Waals surface area (Å²) in [7, 11) is -0.644. The van der Waals surface area contributed by atoms with Crippen molar-refractivity contribution in [3.63, 3.8) is 0 Å². The number of carbonyl (C=O) groups excluding carboxylic acids is 1. The maximum Gasteiger partial charge on any atom is 0.494 e. The largest absolute Gasteiger partial charge is 0.494 e. The van der Waals surface area contributed by atoms with Gasteiger partial charge in [-0.1, -0.05) is 12.1 Å². The Balaban J connectivity index is 1.83. The number of alkyl halides is 3. The summed E-state index contributed by atoms with van der Waals surface area (Å²) in [5.41, 5.74) is 0.0766. The first-order chi connectivity index (χ1) is 11.4. The number of ether oxygens (including phenoxy) is 1. The molecule has 1 atom stereocenters. The number of amides is 1. The smallest absolute Gasteiger partial charge is 0.491 e. The van der Waals surface area contributed by atoms with Gasteiger partial charge in [-0.3, -0.25) is 4.79 Å². The quantitative estimate of drug-likeness (QED) is 0.824. The number of carbonyl (C=O) groups is 1. The Morgan fingerprint density at radius 1 is 1.20 bits per heavy atom. The molecule has 2 aliphatic rings. The molecule has 1 saturated heterocycles. The second-order valence-electron chi connectivity index (χ2n) is 7.22. The van der Waals surface area contributed by atoms with E-state index in [1.54, 1.807) is 18.2 Å². The molecule has 0 radical (unpaired) electrons. The van der Waals surface area contributed by atoms with Crippen LogP contribution in [0, 0.1) is 0 Å². The molecule has 2 aliphatic heterocycles. The molecule has 3 rings (SSSR count). The monoisotopic (exact) mass is 357 g/mol. The highest BCUT2D eigenvalue weighted by Gasteiger charge is 2.52. The van der Waals surface area contributed by atoms with E-state index in [4.69, 9.17) is 14.0 Å². The number of hydrogen-bond donors (Lipinski definition) is 1. The Morgan fingerprint density at radius 3 is 2.36 bits per heavy atom. The van der Waals surface area contributed by atoms with Gasteiger partial charge in [0.05, 0.1) is 17.2 Å². The number of rotatable bonds is 2. The van der Waals surface area contributed by atoms with E-state index in [0.717, 1.165) is 0 Å². The molecule has 9 heteroatoms. The van der Waals surface area contributed by atoms with Crippen LogP contribution in [0.5, 0.6) is 5.75 Å². The normalized spacial score (nSPS) is 24.0. The average Bonchev–Trinajstić information content (AvgIpc) is 2.96. The molecular formula is C16H19BF3NO4. The fourth-order valence-electron chi connectivity index (χ4n) is 2.72. The van der Waals surface area contributed by atoms with Gasteiger partial charge in [-0.05, 0) is 39.2 Å². The van der Waals surface area contributed by atoms with Crippen molar-refractivity contribution in [2.45, 2.75) is 51.1 Å². The highest BCUT2D eigenvalue weighted by molar-refractivity contribution is 6.62. The van der Waals surface area contributed by atoms with Gasteiger partial charge in [0.1, 0.15) is 12.4 Å². The predicted octanol–water partition coefficient (Wildman–Crippen LogP) is 2.10. The molecule has 1 N–H and O–H groups in total. The highest BCUT2D eigenvalue weighted by atomic mass is 19.4. The molecular weight excluding hydrogens is 338 g/mol. The molecule has 0 unspecified atom stereocenters. The minimum atomic E-state index is -4.94. The van der Waals surface area contributed by atoms with Gasteiger partial charge in [-0.25, -0.2) is 0 Å². The molecule has 1 aromatic rings. The lowest BCUT2D eigenvalue weighted by atomic mass is 9.78. The van der Waals surface area contributed by atoms with Crippen molar-refractivity contribution in [2.75, 3.05) is 6.61 Å². The summed E-state index contributed by atoms with van der Waals surface area (Å²) in [6.45, 7) is 7.60. The van der Waals surface area contributed by atoms with Gasteiger partial charge >= 0.3 is 19.2 Å². The second kappa shape index (κ2) is 5.64. The average molecular weight is 357 g/mol. The van der Waals surface area contributed by atoms with Crippen molar-refractivity contribution in [1.29, 1.82) is 0 Å². The van der Waals surface area contributed by atoms with E-state index in [0.29, 0.717) is 16.8 Å². The summed E-state index contributed by atoms with van der Waals surface area (Å²) >= 11 is 0. The first kappa shape index (κ1) is 18.1. The van der Waals surface area contributed by atoms with Gasteiger partial charge in [0.2, 0.25) is 0 Å². The van der Waals surface area contributed by atoms with Crippen LogP contribution in [-0.2, 0) is 14.1 Å². The minimum Gasteiger partial charge on any atom is -0.491 e. The van der Waals surface area contributed by atoms with Crippen LogP contribution in [-0.4, -0.2) is 37.0 Å². The summed E-state index contributed by atoms with van der Waals surface area (Å²) in [6, 6.07) is 4.18. The summed E-state index contributed by atoms with van der Waals surface area (Å²) in [4.78, 5) is 11.2. The van der Waals surface area contributed by atoms with Gasteiger partial charge in [-0.15, -0.1) is 0 Å². The fraction of sp³-hybridized carbons (Fsp3) is 0.562. The molecule has 5 nitrogen and oxygen atoms in total. The standard InChI is InChI=1S/C16H19BF3NO4/c1-14(2)15(3,4)25-17(24-14)9-5-6-12-10(7-9)11(8-23-12)21-13(22)16(18,19)20/h5-7,11H,8H2,1-4H3,(H,21,22)/t11-/m1/s1. The van der Waals surface area contributed by atoms with Crippen LogP contribution in [0.2, 0.25) is 0 Å². The van der Waals surface area contributed by atoms with Gasteiger partial charge in [0.15, 0.2) is 0 Å². The molecule has 1 fully saturated rings. The summed E-state index contributed by atoms with van der Waals surface area (Å²) < 4.78 is 54.7. The van der Waals surface area contributed by atoms with Crippen LogP contribution in [0.1, 0.15) is 39.3 Å². The van der Waals surface area contributed by atoms with Crippen molar-refractivity contribution in [1.82, 2.24) is 5.32 Å². The van der Waals surface area contributed by atoms with Crippen LogP contribution in [0.4, 0.5) is 13.2 Å². The van der Waals surface area contributed by atoms with Crippen LogP contribution < -0.4 is 15.5 Å². The topological polar surface area (TPSA) is 56.8 Å². The Bertz CT molecular complexity index is 689. The van der Waals surface area contributed by atoms with Gasteiger partial charge in [0, 0.05) is 5.56 Å². The van der Waals surface area contributed by atoms with Crippen molar-refractivity contribution >= 4 is 18.5 Å². The van der Waals surface area contributed by atoms with Crippen LogP contribution >= 0.6 is 0 Å². The predicted molar refractivity (Wildman–Crippen MR) is 84.6 cm³/mol. The first-order valence-electron chi connectivity index (χ1n) is 7.91. The second-order valence-corrected chi connectivity index (χ2v) is 7.22. The molecule has 1 amide bonds. The number of nitrogens with one attached hydrogen (secondary N) is 1.